The first-order valence-electron chi connectivity index (χ1n) is 3.71. The molecule has 0 bridgehead atoms. The first-order valence-corrected chi connectivity index (χ1v) is 3.71. The molecule has 0 spiro atoms. The molecule has 2 N–H and O–H groups in total. The molecule has 0 aliphatic carbocycles. The summed E-state index contributed by atoms with van der Waals surface area (Å²) in [7, 11) is 0. The maximum absolute atomic E-state index is 5.31. The van der Waals surface area contributed by atoms with Crippen LogP contribution in [0.5, 0.6) is 0 Å². The summed E-state index contributed by atoms with van der Waals surface area (Å²) in [6.45, 7) is 8.71. The van der Waals surface area contributed by atoms with E-state index in [9.17, 15) is 0 Å². The van der Waals surface area contributed by atoms with Crippen LogP contribution in [0.25, 0.3) is 0 Å². The van der Waals surface area contributed by atoms with Crippen molar-refractivity contribution >= 4 is 0 Å². The minimum Gasteiger partial charge on any atom is -0.327 e. The maximum Gasteiger partial charge on any atom is 0.0107 e. The summed E-state index contributed by atoms with van der Waals surface area (Å²) < 4.78 is 0. The average molecular weight is 139 g/mol. The first kappa shape index (κ1) is 9.44. The molecule has 0 fully saturated rings. The summed E-state index contributed by atoms with van der Waals surface area (Å²) in [5.74, 6) is 1.10. The summed E-state index contributed by atoms with van der Waals surface area (Å²) in [4.78, 5) is 0. The van der Waals surface area contributed by atoms with E-state index in [0.717, 1.165) is 0 Å². The van der Waals surface area contributed by atoms with Crippen molar-refractivity contribution in [1.82, 2.24) is 0 Å². The fourth-order valence-electron chi connectivity index (χ4n) is 0.809. The second-order valence-corrected chi connectivity index (χ2v) is 2.72. The second-order valence-electron chi connectivity index (χ2n) is 2.72. The Morgan fingerprint density at radius 1 is 1.50 bits per heavy atom. The molecule has 0 aromatic rings. The predicted molar refractivity (Wildman–Crippen MR) is 46.7 cm³/mol. The standard InChI is InChI=1S/C9H17N/c1-4-9(8(2)3)6-5-7-10/h4-6,8-9H,1,7,10H2,2-3H3/t9-/m0/s1. The average Bonchev–Trinajstić information content (AvgIpc) is 1.89. The molecule has 0 aromatic carbocycles. The second kappa shape index (κ2) is 5.24. The van der Waals surface area contributed by atoms with E-state index < -0.39 is 0 Å². The molecule has 0 radical (unpaired) electrons. The van der Waals surface area contributed by atoms with Gasteiger partial charge in [-0.2, -0.15) is 0 Å². The number of rotatable bonds is 4. The third kappa shape index (κ3) is 3.46. The van der Waals surface area contributed by atoms with Gasteiger partial charge < -0.3 is 5.73 Å². The fourth-order valence-corrected chi connectivity index (χ4v) is 0.809. The summed E-state index contributed by atoms with van der Waals surface area (Å²) in [5, 5.41) is 0. The SMILES string of the molecule is C=C[C@@H](C=CCN)C(C)C. The summed E-state index contributed by atoms with van der Waals surface area (Å²) in [6.07, 6.45) is 6.04. The van der Waals surface area contributed by atoms with Gasteiger partial charge in [-0.1, -0.05) is 32.1 Å². The van der Waals surface area contributed by atoms with E-state index in [0.29, 0.717) is 18.4 Å². The molecule has 1 nitrogen and oxygen atoms in total. The third-order valence-corrected chi connectivity index (χ3v) is 1.54. The van der Waals surface area contributed by atoms with Gasteiger partial charge in [0.1, 0.15) is 0 Å². The van der Waals surface area contributed by atoms with Crippen LogP contribution in [0, 0.1) is 11.8 Å². The van der Waals surface area contributed by atoms with Gasteiger partial charge in [-0.25, -0.2) is 0 Å². The highest BCUT2D eigenvalue weighted by Gasteiger charge is 2.02. The van der Waals surface area contributed by atoms with E-state index in [1.165, 1.54) is 0 Å². The Hall–Kier alpha value is -0.560. The van der Waals surface area contributed by atoms with E-state index in [-0.39, 0.29) is 0 Å². The highest BCUT2D eigenvalue weighted by Crippen LogP contribution is 2.12. The van der Waals surface area contributed by atoms with Gasteiger partial charge in [0, 0.05) is 6.54 Å². The third-order valence-electron chi connectivity index (χ3n) is 1.54. The van der Waals surface area contributed by atoms with Gasteiger partial charge in [-0.05, 0) is 11.8 Å². The molecule has 0 amide bonds. The number of nitrogens with two attached hydrogens (primary N) is 1. The minimum absolute atomic E-state index is 0.476. The molecule has 0 unspecified atom stereocenters. The molecule has 1 heteroatoms. The molecule has 0 aliphatic heterocycles. The zero-order valence-corrected chi connectivity index (χ0v) is 6.88. The quantitative estimate of drug-likeness (QED) is 0.592. The Morgan fingerprint density at radius 3 is 2.40 bits per heavy atom. The molecule has 0 saturated carbocycles. The highest BCUT2D eigenvalue weighted by atomic mass is 14.5. The van der Waals surface area contributed by atoms with Crippen molar-refractivity contribution in [1.29, 1.82) is 0 Å². The van der Waals surface area contributed by atoms with E-state index in [2.05, 4.69) is 26.5 Å². The first-order chi connectivity index (χ1) is 4.72. The van der Waals surface area contributed by atoms with E-state index in [4.69, 9.17) is 5.73 Å². The van der Waals surface area contributed by atoms with Crippen LogP contribution < -0.4 is 5.73 Å². The lowest BCUT2D eigenvalue weighted by Gasteiger charge is -2.10. The van der Waals surface area contributed by atoms with Gasteiger partial charge in [0.15, 0.2) is 0 Å². The van der Waals surface area contributed by atoms with E-state index in [1.807, 2.05) is 12.2 Å². The van der Waals surface area contributed by atoms with Gasteiger partial charge in [0.05, 0.1) is 0 Å². The number of allylic oxidation sites excluding steroid dienone is 2. The lowest BCUT2D eigenvalue weighted by Crippen LogP contribution is -2.02. The van der Waals surface area contributed by atoms with Crippen molar-refractivity contribution in [2.45, 2.75) is 13.8 Å². The smallest absolute Gasteiger partial charge is 0.0107 e. The Labute approximate surface area is 63.6 Å². The van der Waals surface area contributed by atoms with Gasteiger partial charge in [-0.3, -0.25) is 0 Å². The number of hydrogen-bond acceptors (Lipinski definition) is 1. The Bertz CT molecular complexity index is 114. The predicted octanol–water partition coefficient (Wildman–Crippen LogP) is 1.96. The van der Waals surface area contributed by atoms with Crippen molar-refractivity contribution in [2.24, 2.45) is 17.6 Å². The van der Waals surface area contributed by atoms with Crippen LogP contribution >= 0.6 is 0 Å². The zero-order chi connectivity index (χ0) is 7.98. The van der Waals surface area contributed by atoms with Gasteiger partial charge in [0.2, 0.25) is 0 Å². The number of hydrogen-bond donors (Lipinski definition) is 1. The molecule has 58 valence electrons. The Kier molecular flexibility index (Phi) is 4.95. The molecule has 0 heterocycles. The van der Waals surface area contributed by atoms with E-state index in [1.54, 1.807) is 0 Å². The highest BCUT2D eigenvalue weighted by molar-refractivity contribution is 4.98. The van der Waals surface area contributed by atoms with Crippen molar-refractivity contribution < 1.29 is 0 Å². The lowest BCUT2D eigenvalue weighted by atomic mass is 9.96. The van der Waals surface area contributed by atoms with Gasteiger partial charge in [-0.15, -0.1) is 6.58 Å². The largest absolute Gasteiger partial charge is 0.327 e. The van der Waals surface area contributed by atoms with Crippen LogP contribution in [0.3, 0.4) is 0 Å². The van der Waals surface area contributed by atoms with Crippen LogP contribution in [0.2, 0.25) is 0 Å². The molecule has 0 saturated heterocycles. The lowest BCUT2D eigenvalue weighted by molar-refractivity contribution is 0.550. The monoisotopic (exact) mass is 139 g/mol. The van der Waals surface area contributed by atoms with E-state index >= 15 is 0 Å². The Balaban J connectivity index is 3.82. The Morgan fingerprint density at radius 2 is 2.10 bits per heavy atom. The van der Waals surface area contributed by atoms with Crippen LogP contribution in [0.15, 0.2) is 24.8 Å². The van der Waals surface area contributed by atoms with Gasteiger partial charge >= 0.3 is 0 Å². The van der Waals surface area contributed by atoms with Crippen LogP contribution in [0.1, 0.15) is 13.8 Å². The molecule has 0 aromatic heterocycles. The normalized spacial score (nSPS) is 14.4. The van der Waals surface area contributed by atoms with Crippen LogP contribution in [-0.4, -0.2) is 6.54 Å². The summed E-state index contributed by atoms with van der Waals surface area (Å²) in [5.41, 5.74) is 5.31. The minimum atomic E-state index is 0.476. The molecule has 1 atom stereocenters. The van der Waals surface area contributed by atoms with Crippen molar-refractivity contribution in [3.05, 3.63) is 24.8 Å². The summed E-state index contributed by atoms with van der Waals surface area (Å²) in [6, 6.07) is 0. The topological polar surface area (TPSA) is 26.0 Å². The molecule has 0 aliphatic rings. The zero-order valence-electron chi connectivity index (χ0n) is 6.88. The van der Waals surface area contributed by atoms with Crippen LogP contribution in [0.4, 0.5) is 0 Å². The molecular formula is C9H17N. The molecule has 0 rings (SSSR count). The van der Waals surface area contributed by atoms with Crippen LogP contribution in [-0.2, 0) is 0 Å². The van der Waals surface area contributed by atoms with Gasteiger partial charge in [0.25, 0.3) is 0 Å². The van der Waals surface area contributed by atoms with Crippen molar-refractivity contribution in [3.8, 4) is 0 Å². The van der Waals surface area contributed by atoms with Crippen molar-refractivity contribution in [2.75, 3.05) is 6.54 Å². The maximum atomic E-state index is 5.31. The van der Waals surface area contributed by atoms with Crippen molar-refractivity contribution in [3.63, 3.8) is 0 Å². The molecular weight excluding hydrogens is 122 g/mol. The molecule has 10 heavy (non-hydrogen) atoms. The fraction of sp³-hybridized carbons (Fsp3) is 0.556. The summed E-state index contributed by atoms with van der Waals surface area (Å²) >= 11 is 0.